The third-order valence-electron chi connectivity index (χ3n) is 3.47. The lowest BCUT2D eigenvalue weighted by Crippen LogP contribution is -2.40. The van der Waals surface area contributed by atoms with E-state index >= 15 is 0 Å². The largest absolute Gasteiger partial charge is 0.378 e. The molecule has 1 aliphatic rings. The van der Waals surface area contributed by atoms with Crippen LogP contribution in [0.2, 0.25) is 0 Å². The lowest BCUT2D eigenvalue weighted by molar-refractivity contribution is 0.121. The molecule has 0 bridgehead atoms. The SMILES string of the molecule is Cn1c(N2CCOCC2)nc(-c2ccccc2)cc1=O. The Labute approximate surface area is 117 Å². The zero-order valence-corrected chi connectivity index (χ0v) is 11.5. The number of ether oxygens (including phenoxy) is 1. The van der Waals surface area contributed by atoms with Crippen LogP contribution in [0.15, 0.2) is 41.2 Å². The lowest BCUT2D eigenvalue weighted by Gasteiger charge is -2.29. The predicted molar refractivity (Wildman–Crippen MR) is 77.9 cm³/mol. The van der Waals surface area contributed by atoms with Crippen molar-refractivity contribution in [1.82, 2.24) is 9.55 Å². The highest BCUT2D eigenvalue weighted by atomic mass is 16.5. The third kappa shape index (κ3) is 2.44. The Hall–Kier alpha value is -2.14. The summed E-state index contributed by atoms with van der Waals surface area (Å²) in [6.07, 6.45) is 0. The molecule has 0 aliphatic carbocycles. The molecule has 0 unspecified atom stereocenters. The summed E-state index contributed by atoms with van der Waals surface area (Å²) in [5, 5.41) is 0. The van der Waals surface area contributed by atoms with Crippen LogP contribution in [-0.2, 0) is 11.8 Å². The third-order valence-corrected chi connectivity index (χ3v) is 3.47. The monoisotopic (exact) mass is 271 g/mol. The first-order chi connectivity index (χ1) is 9.75. The van der Waals surface area contributed by atoms with E-state index in [1.54, 1.807) is 17.7 Å². The van der Waals surface area contributed by atoms with Crippen molar-refractivity contribution in [2.24, 2.45) is 7.05 Å². The van der Waals surface area contributed by atoms with Gasteiger partial charge in [0.1, 0.15) is 0 Å². The molecule has 1 saturated heterocycles. The maximum atomic E-state index is 12.1. The summed E-state index contributed by atoms with van der Waals surface area (Å²) in [7, 11) is 1.76. The summed E-state index contributed by atoms with van der Waals surface area (Å²) in [4.78, 5) is 18.9. The van der Waals surface area contributed by atoms with Crippen LogP contribution in [0, 0.1) is 0 Å². The van der Waals surface area contributed by atoms with Gasteiger partial charge in [0.2, 0.25) is 5.95 Å². The normalized spacial score (nSPS) is 15.3. The smallest absolute Gasteiger partial charge is 0.255 e. The van der Waals surface area contributed by atoms with E-state index in [0.29, 0.717) is 19.2 Å². The van der Waals surface area contributed by atoms with E-state index in [-0.39, 0.29) is 5.56 Å². The molecule has 1 aromatic heterocycles. The number of hydrogen-bond acceptors (Lipinski definition) is 4. The van der Waals surface area contributed by atoms with Crippen LogP contribution in [0.5, 0.6) is 0 Å². The molecule has 1 aliphatic heterocycles. The maximum Gasteiger partial charge on any atom is 0.255 e. The Morgan fingerprint density at radius 3 is 2.55 bits per heavy atom. The van der Waals surface area contributed by atoms with Crippen molar-refractivity contribution in [2.75, 3.05) is 31.2 Å². The van der Waals surface area contributed by atoms with Gasteiger partial charge in [0.25, 0.3) is 5.56 Å². The zero-order valence-electron chi connectivity index (χ0n) is 11.5. The standard InChI is InChI=1S/C15H17N3O2/c1-17-14(19)11-13(12-5-3-2-4-6-12)16-15(17)18-7-9-20-10-8-18/h2-6,11H,7-10H2,1H3. The molecule has 0 N–H and O–H groups in total. The van der Waals surface area contributed by atoms with Gasteiger partial charge in [-0.05, 0) is 0 Å². The van der Waals surface area contributed by atoms with Crippen LogP contribution in [0.4, 0.5) is 5.95 Å². The molecule has 0 saturated carbocycles. The van der Waals surface area contributed by atoms with Gasteiger partial charge in [-0.1, -0.05) is 30.3 Å². The van der Waals surface area contributed by atoms with E-state index in [4.69, 9.17) is 4.74 Å². The molecule has 5 heteroatoms. The number of nitrogens with zero attached hydrogens (tertiary/aromatic N) is 3. The van der Waals surface area contributed by atoms with Gasteiger partial charge in [0, 0.05) is 31.8 Å². The van der Waals surface area contributed by atoms with Gasteiger partial charge in [-0.2, -0.15) is 0 Å². The summed E-state index contributed by atoms with van der Waals surface area (Å²) in [6.45, 7) is 2.87. The van der Waals surface area contributed by atoms with Gasteiger partial charge in [-0.3, -0.25) is 9.36 Å². The Morgan fingerprint density at radius 1 is 1.15 bits per heavy atom. The molecule has 0 spiro atoms. The summed E-state index contributed by atoms with van der Waals surface area (Å²) in [6, 6.07) is 11.4. The molecule has 0 atom stereocenters. The fourth-order valence-electron chi connectivity index (χ4n) is 2.33. The Balaban J connectivity index is 2.06. The van der Waals surface area contributed by atoms with Gasteiger partial charge < -0.3 is 9.64 Å². The summed E-state index contributed by atoms with van der Waals surface area (Å²) in [5.74, 6) is 0.708. The molecule has 1 aromatic carbocycles. The van der Waals surface area contributed by atoms with Crippen LogP contribution in [0.25, 0.3) is 11.3 Å². The molecular formula is C15H17N3O2. The highest BCUT2D eigenvalue weighted by Gasteiger charge is 2.17. The second-order valence-electron chi connectivity index (χ2n) is 4.80. The minimum Gasteiger partial charge on any atom is -0.378 e. The molecule has 2 aromatic rings. The van der Waals surface area contributed by atoms with Crippen molar-refractivity contribution in [3.8, 4) is 11.3 Å². The van der Waals surface area contributed by atoms with E-state index in [0.717, 1.165) is 24.3 Å². The summed E-state index contributed by atoms with van der Waals surface area (Å²) >= 11 is 0. The van der Waals surface area contributed by atoms with E-state index in [9.17, 15) is 4.79 Å². The minimum absolute atomic E-state index is 0.0413. The average molecular weight is 271 g/mol. The van der Waals surface area contributed by atoms with Crippen molar-refractivity contribution in [2.45, 2.75) is 0 Å². The minimum atomic E-state index is -0.0413. The van der Waals surface area contributed by atoms with Crippen molar-refractivity contribution in [3.63, 3.8) is 0 Å². The van der Waals surface area contributed by atoms with Gasteiger partial charge in [0.05, 0.1) is 18.9 Å². The number of rotatable bonds is 2. The Kier molecular flexibility index (Phi) is 3.52. The fraction of sp³-hybridized carbons (Fsp3) is 0.333. The molecule has 1 fully saturated rings. The summed E-state index contributed by atoms with van der Waals surface area (Å²) < 4.78 is 6.94. The van der Waals surface area contributed by atoms with Gasteiger partial charge in [-0.15, -0.1) is 0 Å². The highest BCUT2D eigenvalue weighted by Crippen LogP contribution is 2.18. The molecule has 3 rings (SSSR count). The molecule has 0 radical (unpaired) electrons. The first kappa shape index (κ1) is 12.9. The van der Waals surface area contributed by atoms with E-state index < -0.39 is 0 Å². The van der Waals surface area contributed by atoms with Crippen molar-refractivity contribution in [1.29, 1.82) is 0 Å². The van der Waals surface area contributed by atoms with Gasteiger partial charge >= 0.3 is 0 Å². The molecule has 20 heavy (non-hydrogen) atoms. The van der Waals surface area contributed by atoms with Crippen LogP contribution in [-0.4, -0.2) is 35.9 Å². The Bertz CT molecular complexity index is 646. The zero-order chi connectivity index (χ0) is 13.9. The molecular weight excluding hydrogens is 254 g/mol. The van der Waals surface area contributed by atoms with Crippen molar-refractivity contribution < 1.29 is 4.74 Å². The predicted octanol–water partition coefficient (Wildman–Crippen LogP) is 1.28. The first-order valence-electron chi connectivity index (χ1n) is 6.72. The number of aromatic nitrogens is 2. The highest BCUT2D eigenvalue weighted by molar-refractivity contribution is 5.60. The molecule has 0 amide bonds. The second kappa shape index (κ2) is 5.46. The lowest BCUT2D eigenvalue weighted by atomic mass is 10.1. The first-order valence-corrected chi connectivity index (χ1v) is 6.72. The number of anilines is 1. The molecule has 104 valence electrons. The topological polar surface area (TPSA) is 47.4 Å². The number of hydrogen-bond donors (Lipinski definition) is 0. The quantitative estimate of drug-likeness (QED) is 0.825. The fourth-order valence-corrected chi connectivity index (χ4v) is 2.33. The number of benzene rings is 1. The maximum absolute atomic E-state index is 12.1. The van der Waals surface area contributed by atoms with E-state index in [1.165, 1.54) is 0 Å². The van der Waals surface area contributed by atoms with Crippen LogP contribution >= 0.6 is 0 Å². The summed E-state index contributed by atoms with van der Waals surface area (Å²) in [5.41, 5.74) is 1.63. The average Bonchev–Trinajstić information content (AvgIpc) is 2.51. The van der Waals surface area contributed by atoms with E-state index in [1.807, 2.05) is 30.3 Å². The van der Waals surface area contributed by atoms with Gasteiger partial charge in [0.15, 0.2) is 0 Å². The van der Waals surface area contributed by atoms with Gasteiger partial charge in [-0.25, -0.2) is 4.98 Å². The Morgan fingerprint density at radius 2 is 1.85 bits per heavy atom. The van der Waals surface area contributed by atoms with Crippen molar-refractivity contribution in [3.05, 3.63) is 46.8 Å². The molecule has 5 nitrogen and oxygen atoms in total. The second-order valence-corrected chi connectivity index (χ2v) is 4.80. The molecule has 2 heterocycles. The van der Waals surface area contributed by atoms with Crippen LogP contribution in [0.3, 0.4) is 0 Å². The van der Waals surface area contributed by atoms with E-state index in [2.05, 4.69) is 9.88 Å². The van der Waals surface area contributed by atoms with Crippen molar-refractivity contribution >= 4 is 5.95 Å². The van der Waals surface area contributed by atoms with Crippen LogP contribution in [0.1, 0.15) is 0 Å². The van der Waals surface area contributed by atoms with Crippen LogP contribution < -0.4 is 10.5 Å². The number of morpholine rings is 1.